The van der Waals surface area contributed by atoms with Gasteiger partial charge in [-0.1, -0.05) is 11.6 Å². The second-order valence-corrected chi connectivity index (χ2v) is 6.44. The topological polar surface area (TPSA) is 65.4 Å². The zero-order valence-electron chi connectivity index (χ0n) is 15.5. The number of halogens is 1. The van der Waals surface area contributed by atoms with Crippen LogP contribution in [0.5, 0.6) is 11.5 Å². The van der Waals surface area contributed by atoms with E-state index in [1.807, 2.05) is 18.5 Å². The predicted molar refractivity (Wildman–Crippen MR) is 106 cm³/mol. The summed E-state index contributed by atoms with van der Waals surface area (Å²) < 4.78 is 12.4. The van der Waals surface area contributed by atoms with Crippen LogP contribution >= 0.6 is 11.6 Å². The highest BCUT2D eigenvalue weighted by Crippen LogP contribution is 2.30. The molecule has 0 aliphatic carbocycles. The van der Waals surface area contributed by atoms with Gasteiger partial charge >= 0.3 is 0 Å². The van der Waals surface area contributed by atoms with Crippen molar-refractivity contribution in [1.82, 2.24) is 9.55 Å². The Morgan fingerprint density at radius 2 is 1.78 bits per heavy atom. The van der Waals surface area contributed by atoms with Gasteiger partial charge < -0.3 is 19.4 Å². The highest BCUT2D eigenvalue weighted by atomic mass is 35.5. The van der Waals surface area contributed by atoms with Gasteiger partial charge in [0.2, 0.25) is 0 Å². The van der Waals surface area contributed by atoms with E-state index in [1.54, 1.807) is 42.6 Å². The van der Waals surface area contributed by atoms with Gasteiger partial charge in [-0.15, -0.1) is 0 Å². The highest BCUT2D eigenvalue weighted by molar-refractivity contribution is 6.33. The third-order valence-corrected chi connectivity index (χ3v) is 4.63. The SMILES string of the molecule is COc1cc(OC)cc(C(=O)Nc2ccc(Cl)c(-c3ncc(C)n3C)c2)c1. The number of carbonyl (C=O) groups is 1. The number of aryl methyl sites for hydroxylation is 1. The second kappa shape index (κ2) is 7.72. The van der Waals surface area contributed by atoms with Gasteiger partial charge in [0.1, 0.15) is 17.3 Å². The smallest absolute Gasteiger partial charge is 0.255 e. The maximum Gasteiger partial charge on any atom is 0.255 e. The van der Waals surface area contributed by atoms with Crippen LogP contribution in [0.1, 0.15) is 16.1 Å². The number of rotatable bonds is 5. The van der Waals surface area contributed by atoms with E-state index in [9.17, 15) is 4.79 Å². The second-order valence-electron chi connectivity index (χ2n) is 6.03. The fourth-order valence-corrected chi connectivity index (χ4v) is 2.86. The average molecular weight is 386 g/mol. The Hall–Kier alpha value is -2.99. The number of amides is 1. The van der Waals surface area contributed by atoms with E-state index >= 15 is 0 Å². The molecule has 0 fully saturated rings. The molecule has 140 valence electrons. The Balaban J connectivity index is 1.91. The molecular formula is C20H20ClN3O3. The van der Waals surface area contributed by atoms with Crippen LogP contribution in [0.15, 0.2) is 42.6 Å². The van der Waals surface area contributed by atoms with Gasteiger partial charge in [0, 0.05) is 41.8 Å². The number of imidazole rings is 1. The first-order valence-electron chi connectivity index (χ1n) is 8.25. The quantitative estimate of drug-likeness (QED) is 0.710. The molecule has 0 saturated heterocycles. The molecule has 0 bridgehead atoms. The maximum absolute atomic E-state index is 12.7. The van der Waals surface area contributed by atoms with Crippen molar-refractivity contribution in [2.45, 2.75) is 6.92 Å². The summed E-state index contributed by atoms with van der Waals surface area (Å²) in [6.45, 7) is 1.96. The minimum Gasteiger partial charge on any atom is -0.497 e. The van der Waals surface area contributed by atoms with Crippen LogP contribution in [0, 0.1) is 6.92 Å². The zero-order chi connectivity index (χ0) is 19.6. The number of anilines is 1. The Kier molecular flexibility index (Phi) is 5.37. The summed E-state index contributed by atoms with van der Waals surface area (Å²) in [7, 11) is 5.00. The van der Waals surface area contributed by atoms with Crippen molar-refractivity contribution in [3.8, 4) is 22.9 Å². The van der Waals surface area contributed by atoms with Crippen LogP contribution in [-0.2, 0) is 7.05 Å². The number of benzene rings is 2. The fraction of sp³-hybridized carbons (Fsp3) is 0.200. The molecule has 0 unspecified atom stereocenters. The van der Waals surface area contributed by atoms with Crippen LogP contribution in [0.4, 0.5) is 5.69 Å². The molecule has 1 amide bonds. The lowest BCUT2D eigenvalue weighted by molar-refractivity contribution is 0.102. The Labute approximate surface area is 162 Å². The van der Waals surface area contributed by atoms with Gasteiger partial charge in [-0.3, -0.25) is 4.79 Å². The first kappa shape index (κ1) is 18.8. The lowest BCUT2D eigenvalue weighted by Gasteiger charge is -2.11. The van der Waals surface area contributed by atoms with Crippen molar-refractivity contribution in [3.05, 3.63) is 58.9 Å². The molecule has 3 rings (SSSR count). The van der Waals surface area contributed by atoms with Crippen molar-refractivity contribution < 1.29 is 14.3 Å². The summed E-state index contributed by atoms with van der Waals surface area (Å²) in [5.41, 5.74) is 2.80. The van der Waals surface area contributed by atoms with Crippen LogP contribution in [0.25, 0.3) is 11.4 Å². The summed E-state index contributed by atoms with van der Waals surface area (Å²) in [6, 6.07) is 10.3. The van der Waals surface area contributed by atoms with Crippen LogP contribution in [0.2, 0.25) is 5.02 Å². The Bertz CT molecular complexity index is 976. The molecule has 0 radical (unpaired) electrons. The zero-order valence-corrected chi connectivity index (χ0v) is 16.3. The molecular weight excluding hydrogens is 366 g/mol. The van der Waals surface area contributed by atoms with E-state index in [0.29, 0.717) is 27.8 Å². The molecule has 7 heteroatoms. The molecule has 3 aromatic rings. The number of ether oxygens (including phenoxy) is 2. The summed E-state index contributed by atoms with van der Waals surface area (Å²) in [5, 5.41) is 3.44. The van der Waals surface area contributed by atoms with Gasteiger partial charge in [0.05, 0.1) is 19.2 Å². The highest BCUT2D eigenvalue weighted by Gasteiger charge is 2.14. The van der Waals surface area contributed by atoms with E-state index in [2.05, 4.69) is 10.3 Å². The average Bonchev–Trinajstić information content (AvgIpc) is 3.01. The number of methoxy groups -OCH3 is 2. The lowest BCUT2D eigenvalue weighted by atomic mass is 10.1. The van der Waals surface area contributed by atoms with Crippen molar-refractivity contribution in [2.24, 2.45) is 7.05 Å². The number of aromatic nitrogens is 2. The molecule has 6 nitrogen and oxygen atoms in total. The minimum absolute atomic E-state index is 0.281. The molecule has 0 aliphatic heterocycles. The number of hydrogen-bond donors (Lipinski definition) is 1. The van der Waals surface area contributed by atoms with Crippen molar-refractivity contribution in [1.29, 1.82) is 0 Å². The molecule has 0 atom stereocenters. The molecule has 0 saturated carbocycles. The van der Waals surface area contributed by atoms with Crippen LogP contribution in [0.3, 0.4) is 0 Å². The van der Waals surface area contributed by atoms with Crippen LogP contribution in [-0.4, -0.2) is 29.7 Å². The van der Waals surface area contributed by atoms with E-state index in [1.165, 1.54) is 14.2 Å². The molecule has 0 spiro atoms. The largest absolute Gasteiger partial charge is 0.497 e. The fourth-order valence-electron chi connectivity index (χ4n) is 2.66. The summed E-state index contributed by atoms with van der Waals surface area (Å²) in [6.07, 6.45) is 1.78. The van der Waals surface area contributed by atoms with Crippen LogP contribution < -0.4 is 14.8 Å². The van der Waals surface area contributed by atoms with Gasteiger partial charge in [-0.05, 0) is 37.3 Å². The normalized spacial score (nSPS) is 10.6. The monoisotopic (exact) mass is 385 g/mol. The molecule has 0 aliphatic rings. The van der Waals surface area contributed by atoms with E-state index < -0.39 is 0 Å². The molecule has 1 heterocycles. The number of nitrogens with one attached hydrogen (secondary N) is 1. The van der Waals surface area contributed by atoms with E-state index in [-0.39, 0.29) is 5.91 Å². The molecule has 27 heavy (non-hydrogen) atoms. The maximum atomic E-state index is 12.7. The molecule has 1 N–H and O–H groups in total. The number of carbonyl (C=O) groups excluding carboxylic acids is 1. The van der Waals surface area contributed by atoms with Crippen molar-refractivity contribution in [2.75, 3.05) is 19.5 Å². The van der Waals surface area contributed by atoms with Gasteiger partial charge in [0.25, 0.3) is 5.91 Å². The van der Waals surface area contributed by atoms with E-state index in [0.717, 1.165) is 17.1 Å². The predicted octanol–water partition coefficient (Wildman–Crippen LogP) is 4.32. The van der Waals surface area contributed by atoms with Crippen molar-refractivity contribution >= 4 is 23.2 Å². The minimum atomic E-state index is -0.281. The third-order valence-electron chi connectivity index (χ3n) is 4.30. The standard InChI is InChI=1S/C20H20ClN3O3/c1-12-11-22-19(24(12)2)17-9-14(5-6-18(17)21)23-20(25)13-7-15(26-3)10-16(8-13)27-4/h5-11H,1-4H3,(H,23,25). The number of hydrogen-bond acceptors (Lipinski definition) is 4. The van der Waals surface area contributed by atoms with Gasteiger partial charge in [-0.2, -0.15) is 0 Å². The van der Waals surface area contributed by atoms with E-state index in [4.69, 9.17) is 21.1 Å². The summed E-state index contributed by atoms with van der Waals surface area (Å²) in [4.78, 5) is 17.1. The Morgan fingerprint density at radius 3 is 2.33 bits per heavy atom. The molecule has 2 aromatic carbocycles. The number of nitrogens with zero attached hydrogens (tertiary/aromatic N) is 2. The first-order valence-corrected chi connectivity index (χ1v) is 8.63. The van der Waals surface area contributed by atoms with Gasteiger partial charge in [-0.25, -0.2) is 4.98 Å². The van der Waals surface area contributed by atoms with Crippen molar-refractivity contribution in [3.63, 3.8) is 0 Å². The Morgan fingerprint density at radius 1 is 1.11 bits per heavy atom. The molecule has 1 aromatic heterocycles. The summed E-state index contributed by atoms with van der Waals surface area (Å²) >= 11 is 6.35. The van der Waals surface area contributed by atoms with Gasteiger partial charge in [0.15, 0.2) is 0 Å². The summed E-state index contributed by atoms with van der Waals surface area (Å²) in [5.74, 6) is 1.53. The third kappa shape index (κ3) is 3.90. The first-order chi connectivity index (χ1) is 12.9. The lowest BCUT2D eigenvalue weighted by Crippen LogP contribution is -2.12.